The highest BCUT2D eigenvalue weighted by Gasteiger charge is 2.20. The van der Waals surface area contributed by atoms with E-state index >= 15 is 0 Å². The zero-order valence-corrected chi connectivity index (χ0v) is 9.62. The second-order valence-electron chi connectivity index (χ2n) is 3.93. The number of halogens is 1. The molecule has 0 bridgehead atoms. The van der Waals surface area contributed by atoms with Crippen LogP contribution in [0.3, 0.4) is 0 Å². The third-order valence-electron chi connectivity index (χ3n) is 2.75. The molecule has 0 radical (unpaired) electrons. The summed E-state index contributed by atoms with van der Waals surface area (Å²) < 4.78 is 14.2. The Hall–Kier alpha value is -2.76. The highest BCUT2D eigenvalue weighted by atomic mass is 19.1. The first-order valence-corrected chi connectivity index (χ1v) is 5.50. The van der Waals surface area contributed by atoms with Crippen molar-refractivity contribution in [2.24, 2.45) is 0 Å². The van der Waals surface area contributed by atoms with Gasteiger partial charge in [0.05, 0.1) is 0 Å². The van der Waals surface area contributed by atoms with Gasteiger partial charge in [0, 0.05) is 11.8 Å². The Kier molecular flexibility index (Phi) is 2.49. The molecule has 0 aliphatic carbocycles. The van der Waals surface area contributed by atoms with Crippen LogP contribution in [0.1, 0.15) is 10.4 Å². The van der Waals surface area contributed by atoms with E-state index in [4.69, 9.17) is 0 Å². The molecule has 3 aromatic rings. The number of carbonyl (C=O) groups is 1. The van der Waals surface area contributed by atoms with Crippen molar-refractivity contribution in [2.45, 2.75) is 0 Å². The maximum Gasteiger partial charge on any atom is 0.340 e. The van der Waals surface area contributed by atoms with Crippen LogP contribution in [0.4, 0.5) is 4.39 Å². The molecule has 1 aromatic carbocycles. The van der Waals surface area contributed by atoms with Crippen LogP contribution in [0.5, 0.6) is 0 Å². The zero-order valence-electron chi connectivity index (χ0n) is 9.62. The van der Waals surface area contributed by atoms with Crippen LogP contribution in [0.2, 0.25) is 0 Å². The molecule has 5 nitrogen and oxygen atoms in total. The van der Waals surface area contributed by atoms with Crippen LogP contribution in [-0.2, 0) is 0 Å². The van der Waals surface area contributed by atoms with E-state index in [0.717, 1.165) is 0 Å². The van der Waals surface area contributed by atoms with Gasteiger partial charge < -0.3 is 5.11 Å². The number of carboxylic acid groups (broad SMARTS) is 1. The summed E-state index contributed by atoms with van der Waals surface area (Å²) >= 11 is 0. The standard InChI is InChI=1S/C13H8FN3O2/c14-9-5-3-8(4-6-9)12-11(13(18)19)10-2-1-7-15-17(10)16-12/h1-7H,(H,18,19). The summed E-state index contributed by atoms with van der Waals surface area (Å²) in [6.07, 6.45) is 1.51. The van der Waals surface area contributed by atoms with Crippen LogP contribution in [0.15, 0.2) is 42.6 Å². The van der Waals surface area contributed by atoms with E-state index in [-0.39, 0.29) is 17.1 Å². The minimum absolute atomic E-state index is 0.0553. The molecular formula is C13H8FN3O2. The summed E-state index contributed by atoms with van der Waals surface area (Å²) in [7, 11) is 0. The van der Waals surface area contributed by atoms with Crippen molar-refractivity contribution in [3.05, 3.63) is 54.0 Å². The van der Waals surface area contributed by atoms with Gasteiger partial charge in [0.2, 0.25) is 0 Å². The van der Waals surface area contributed by atoms with Crippen molar-refractivity contribution >= 4 is 11.5 Å². The van der Waals surface area contributed by atoms with Gasteiger partial charge in [-0.3, -0.25) is 0 Å². The number of benzene rings is 1. The van der Waals surface area contributed by atoms with Crippen LogP contribution in [0, 0.1) is 5.82 Å². The van der Waals surface area contributed by atoms with Crippen molar-refractivity contribution in [1.82, 2.24) is 14.8 Å². The number of hydrogen-bond donors (Lipinski definition) is 1. The molecule has 0 saturated heterocycles. The first kappa shape index (κ1) is 11.3. The predicted octanol–water partition coefficient (Wildman–Crippen LogP) is 2.23. The number of aromatic carboxylic acids is 1. The lowest BCUT2D eigenvalue weighted by atomic mass is 10.1. The second-order valence-corrected chi connectivity index (χ2v) is 3.93. The van der Waals surface area contributed by atoms with Gasteiger partial charge in [-0.25, -0.2) is 9.18 Å². The van der Waals surface area contributed by atoms with E-state index in [2.05, 4.69) is 10.2 Å². The fraction of sp³-hybridized carbons (Fsp3) is 0. The van der Waals surface area contributed by atoms with E-state index in [1.54, 1.807) is 12.1 Å². The first-order chi connectivity index (χ1) is 9.16. The van der Waals surface area contributed by atoms with Crippen LogP contribution in [-0.4, -0.2) is 25.9 Å². The third-order valence-corrected chi connectivity index (χ3v) is 2.75. The summed E-state index contributed by atoms with van der Waals surface area (Å²) in [5, 5.41) is 17.4. The maximum atomic E-state index is 12.9. The second kappa shape index (κ2) is 4.16. The average molecular weight is 257 g/mol. The highest BCUT2D eigenvalue weighted by Crippen LogP contribution is 2.25. The van der Waals surface area contributed by atoms with Gasteiger partial charge >= 0.3 is 5.97 Å². The molecule has 19 heavy (non-hydrogen) atoms. The van der Waals surface area contributed by atoms with E-state index in [1.807, 2.05) is 0 Å². The highest BCUT2D eigenvalue weighted by molar-refractivity contribution is 6.02. The van der Waals surface area contributed by atoms with Crippen molar-refractivity contribution < 1.29 is 14.3 Å². The van der Waals surface area contributed by atoms with Gasteiger partial charge in [-0.1, -0.05) is 0 Å². The summed E-state index contributed by atoms with van der Waals surface area (Å²) in [4.78, 5) is 11.4. The predicted molar refractivity (Wildman–Crippen MR) is 65.3 cm³/mol. The molecule has 0 fully saturated rings. The molecule has 0 unspecified atom stereocenters. The van der Waals surface area contributed by atoms with Gasteiger partial charge in [-0.05, 0) is 36.4 Å². The van der Waals surface area contributed by atoms with Crippen molar-refractivity contribution in [1.29, 1.82) is 0 Å². The molecule has 0 amide bonds. The molecule has 0 aliphatic rings. The molecule has 0 aliphatic heterocycles. The minimum Gasteiger partial charge on any atom is -0.478 e. The van der Waals surface area contributed by atoms with Crippen LogP contribution in [0.25, 0.3) is 16.8 Å². The number of aromatic nitrogens is 3. The lowest BCUT2D eigenvalue weighted by molar-refractivity contribution is 0.0700. The van der Waals surface area contributed by atoms with Crippen molar-refractivity contribution in [2.75, 3.05) is 0 Å². The topological polar surface area (TPSA) is 67.5 Å². The molecule has 1 N–H and O–H groups in total. The number of rotatable bonds is 2. The van der Waals surface area contributed by atoms with Gasteiger partial charge in [-0.15, -0.1) is 5.10 Å². The normalized spacial score (nSPS) is 10.8. The molecule has 3 rings (SSSR count). The SMILES string of the molecule is O=C(O)c1c(-c2ccc(F)cc2)nn2ncccc12. The number of nitrogens with zero attached hydrogens (tertiary/aromatic N) is 3. The van der Waals surface area contributed by atoms with E-state index in [9.17, 15) is 14.3 Å². The van der Waals surface area contributed by atoms with E-state index in [0.29, 0.717) is 11.1 Å². The molecule has 0 saturated carbocycles. The van der Waals surface area contributed by atoms with Crippen LogP contribution >= 0.6 is 0 Å². The van der Waals surface area contributed by atoms with Crippen molar-refractivity contribution in [3.63, 3.8) is 0 Å². The summed E-state index contributed by atoms with van der Waals surface area (Å²) in [5.74, 6) is -1.48. The van der Waals surface area contributed by atoms with E-state index < -0.39 is 5.97 Å². The summed E-state index contributed by atoms with van der Waals surface area (Å²) in [6.45, 7) is 0. The quantitative estimate of drug-likeness (QED) is 0.764. The van der Waals surface area contributed by atoms with Gasteiger partial charge in [0.15, 0.2) is 0 Å². The molecule has 94 valence electrons. The van der Waals surface area contributed by atoms with Crippen molar-refractivity contribution in [3.8, 4) is 11.3 Å². The molecule has 2 heterocycles. The summed E-state index contributed by atoms with van der Waals surface area (Å²) in [6, 6.07) is 8.76. The molecule has 0 spiro atoms. The van der Waals surface area contributed by atoms with Gasteiger partial charge in [0.1, 0.15) is 22.6 Å². The Morgan fingerprint density at radius 1 is 1.21 bits per heavy atom. The van der Waals surface area contributed by atoms with E-state index in [1.165, 1.54) is 35.1 Å². The number of hydrogen-bond acceptors (Lipinski definition) is 3. The molecule has 6 heteroatoms. The maximum absolute atomic E-state index is 12.9. The third kappa shape index (κ3) is 1.83. The Labute approximate surface area is 106 Å². The summed E-state index contributed by atoms with van der Waals surface area (Å²) in [5.41, 5.74) is 1.25. The molecule has 0 atom stereocenters. The van der Waals surface area contributed by atoms with Crippen LogP contribution < -0.4 is 0 Å². The fourth-order valence-electron chi connectivity index (χ4n) is 1.91. The lowest BCUT2D eigenvalue weighted by Crippen LogP contribution is -1.98. The average Bonchev–Trinajstić information content (AvgIpc) is 2.78. The monoisotopic (exact) mass is 257 g/mol. The Morgan fingerprint density at radius 3 is 2.63 bits per heavy atom. The first-order valence-electron chi connectivity index (χ1n) is 5.50. The van der Waals surface area contributed by atoms with Gasteiger partial charge in [-0.2, -0.15) is 9.73 Å². The Bertz CT molecular complexity index is 765. The zero-order chi connectivity index (χ0) is 13.4. The lowest BCUT2D eigenvalue weighted by Gasteiger charge is -1.98. The fourth-order valence-corrected chi connectivity index (χ4v) is 1.91. The van der Waals surface area contributed by atoms with Gasteiger partial charge in [0.25, 0.3) is 0 Å². The smallest absolute Gasteiger partial charge is 0.340 e. The largest absolute Gasteiger partial charge is 0.478 e. The Morgan fingerprint density at radius 2 is 1.95 bits per heavy atom. The molecule has 2 aromatic heterocycles. The number of carboxylic acids is 1. The minimum atomic E-state index is -1.10. The molecular weight excluding hydrogens is 249 g/mol. The Balaban J connectivity index is 2.31. The number of fused-ring (bicyclic) bond motifs is 1.